The summed E-state index contributed by atoms with van der Waals surface area (Å²) in [6, 6.07) is 12.7. The number of benzene rings is 2. The number of nitrogens with one attached hydrogen (secondary N) is 1. The van der Waals surface area contributed by atoms with Crippen LogP contribution in [0, 0.1) is 10.1 Å². The molecule has 0 radical (unpaired) electrons. The van der Waals surface area contributed by atoms with Crippen LogP contribution in [0.25, 0.3) is 0 Å². The number of likely N-dealkylation sites (tertiary alicyclic amines) is 1. The van der Waals surface area contributed by atoms with Gasteiger partial charge >= 0.3 is 18.1 Å². The van der Waals surface area contributed by atoms with Gasteiger partial charge in [-0.3, -0.25) is 10.1 Å². The van der Waals surface area contributed by atoms with E-state index in [9.17, 15) is 24.5 Å². The monoisotopic (exact) mass is 484 g/mol. The number of urea groups is 1. The Morgan fingerprint density at radius 1 is 1.11 bits per heavy atom. The lowest BCUT2D eigenvalue weighted by atomic mass is 10.2. The second-order valence-electron chi connectivity index (χ2n) is 8.99. The summed E-state index contributed by atoms with van der Waals surface area (Å²) in [5, 5.41) is 11.9. The molecule has 0 aromatic heterocycles. The lowest BCUT2D eigenvalue weighted by Crippen LogP contribution is -2.55. The normalized spacial score (nSPS) is 15.3. The number of amides is 3. The van der Waals surface area contributed by atoms with Crippen LogP contribution in [-0.2, 0) is 16.1 Å². The smallest absolute Gasteiger partial charge is 0.426 e. The van der Waals surface area contributed by atoms with Crippen molar-refractivity contribution in [2.75, 3.05) is 6.54 Å². The Kier molecular flexibility index (Phi) is 7.90. The van der Waals surface area contributed by atoms with Gasteiger partial charge in [0, 0.05) is 18.7 Å². The Morgan fingerprint density at radius 2 is 1.77 bits per heavy atom. The van der Waals surface area contributed by atoms with Gasteiger partial charge in [0.25, 0.3) is 5.69 Å². The molecule has 0 bridgehead atoms. The number of hydrogen-bond donors (Lipinski definition) is 1. The maximum atomic E-state index is 13.4. The highest BCUT2D eigenvalue weighted by molar-refractivity contribution is 5.86. The topological polar surface area (TPSA) is 131 Å². The van der Waals surface area contributed by atoms with Crippen molar-refractivity contribution in [3.63, 3.8) is 0 Å². The Bertz CT molecular complexity index is 1070. The number of nitrogens with zero attached hydrogens (tertiary/aromatic N) is 3. The molecule has 1 aliphatic rings. The zero-order chi connectivity index (χ0) is 25.6. The standard InChI is InChI=1S/C24H28N4O7/c1-24(2,3)35-22(30)25-27(16-17-8-5-4-6-9-17)23(31)26-15-7-10-20(26)21(29)34-19-13-11-18(12-14-19)28(32)33/h4-6,8-9,11-14,20H,7,10,15-16H2,1-3H3,(H,25,30)/t20-/m0/s1. The molecule has 11 heteroatoms. The predicted molar refractivity (Wildman–Crippen MR) is 125 cm³/mol. The van der Waals surface area contributed by atoms with Crippen LogP contribution in [0.2, 0.25) is 0 Å². The second-order valence-corrected chi connectivity index (χ2v) is 8.99. The highest BCUT2D eigenvalue weighted by Gasteiger charge is 2.38. The number of carbonyl (C=O) groups excluding carboxylic acids is 3. The van der Waals surface area contributed by atoms with Gasteiger partial charge in [0.15, 0.2) is 0 Å². The highest BCUT2D eigenvalue weighted by atomic mass is 16.6. The molecule has 186 valence electrons. The molecule has 0 unspecified atom stereocenters. The third-order valence-electron chi connectivity index (χ3n) is 5.08. The van der Waals surface area contributed by atoms with Crippen LogP contribution in [0.3, 0.4) is 0 Å². The molecule has 1 saturated heterocycles. The molecule has 1 N–H and O–H groups in total. The molecule has 0 spiro atoms. The molecule has 11 nitrogen and oxygen atoms in total. The molecule has 35 heavy (non-hydrogen) atoms. The van der Waals surface area contributed by atoms with Crippen LogP contribution in [0.5, 0.6) is 5.75 Å². The number of ether oxygens (including phenoxy) is 2. The van der Waals surface area contributed by atoms with Crippen molar-refractivity contribution >= 4 is 23.8 Å². The predicted octanol–water partition coefficient (Wildman–Crippen LogP) is 4.03. The fourth-order valence-corrected chi connectivity index (χ4v) is 3.55. The molecule has 1 atom stereocenters. The molecule has 3 rings (SSSR count). The van der Waals surface area contributed by atoms with Crippen LogP contribution >= 0.6 is 0 Å². The minimum absolute atomic E-state index is 0.0551. The van der Waals surface area contributed by atoms with E-state index in [1.54, 1.807) is 32.9 Å². The molecule has 1 aliphatic heterocycles. The number of esters is 1. The molecule has 1 heterocycles. The molecule has 3 amide bonds. The number of non-ortho nitro benzene ring substituents is 1. The van der Waals surface area contributed by atoms with Crippen molar-refractivity contribution in [2.45, 2.75) is 51.8 Å². The van der Waals surface area contributed by atoms with E-state index in [0.29, 0.717) is 19.4 Å². The largest absolute Gasteiger partial charge is 0.443 e. The van der Waals surface area contributed by atoms with Gasteiger partial charge < -0.3 is 14.4 Å². The minimum Gasteiger partial charge on any atom is -0.443 e. The highest BCUT2D eigenvalue weighted by Crippen LogP contribution is 2.23. The first-order chi connectivity index (χ1) is 16.5. The molecule has 0 saturated carbocycles. The van der Waals surface area contributed by atoms with Gasteiger partial charge in [-0.15, -0.1) is 0 Å². The first-order valence-corrected chi connectivity index (χ1v) is 11.1. The van der Waals surface area contributed by atoms with E-state index < -0.39 is 34.7 Å². The van der Waals surface area contributed by atoms with Crippen molar-refractivity contribution in [1.82, 2.24) is 15.3 Å². The van der Waals surface area contributed by atoms with Gasteiger partial charge in [-0.2, -0.15) is 0 Å². The zero-order valence-corrected chi connectivity index (χ0v) is 19.8. The van der Waals surface area contributed by atoms with Gasteiger partial charge in [0.1, 0.15) is 17.4 Å². The van der Waals surface area contributed by atoms with E-state index in [1.807, 2.05) is 18.2 Å². The summed E-state index contributed by atoms with van der Waals surface area (Å²) in [6.45, 7) is 5.47. The number of nitro benzene ring substituents is 1. The summed E-state index contributed by atoms with van der Waals surface area (Å²) in [4.78, 5) is 50.3. The van der Waals surface area contributed by atoms with E-state index in [2.05, 4.69) is 5.43 Å². The first-order valence-electron chi connectivity index (χ1n) is 11.1. The lowest BCUT2D eigenvalue weighted by Gasteiger charge is -2.31. The molecular weight excluding hydrogens is 456 g/mol. The van der Waals surface area contributed by atoms with Crippen LogP contribution in [0.1, 0.15) is 39.2 Å². The van der Waals surface area contributed by atoms with Crippen molar-refractivity contribution in [3.8, 4) is 5.75 Å². The van der Waals surface area contributed by atoms with E-state index in [-0.39, 0.29) is 18.0 Å². The summed E-state index contributed by atoms with van der Waals surface area (Å²) in [7, 11) is 0. The summed E-state index contributed by atoms with van der Waals surface area (Å²) in [5.41, 5.74) is 2.35. The zero-order valence-electron chi connectivity index (χ0n) is 19.8. The van der Waals surface area contributed by atoms with Gasteiger partial charge in [0.05, 0.1) is 11.5 Å². The van der Waals surface area contributed by atoms with Gasteiger partial charge in [-0.1, -0.05) is 30.3 Å². The van der Waals surface area contributed by atoms with Crippen LogP contribution in [0.15, 0.2) is 54.6 Å². The summed E-state index contributed by atoms with van der Waals surface area (Å²) >= 11 is 0. The maximum absolute atomic E-state index is 13.4. The summed E-state index contributed by atoms with van der Waals surface area (Å²) in [5.74, 6) is -0.533. The molecule has 1 fully saturated rings. The minimum atomic E-state index is -0.878. The summed E-state index contributed by atoms with van der Waals surface area (Å²) < 4.78 is 10.7. The Hall–Kier alpha value is -4.15. The van der Waals surface area contributed by atoms with Gasteiger partial charge in [-0.25, -0.2) is 24.8 Å². The van der Waals surface area contributed by atoms with Crippen LogP contribution < -0.4 is 10.2 Å². The van der Waals surface area contributed by atoms with E-state index in [1.165, 1.54) is 29.2 Å². The third-order valence-corrected chi connectivity index (χ3v) is 5.08. The average molecular weight is 485 g/mol. The number of hydrazine groups is 1. The second kappa shape index (κ2) is 10.9. The SMILES string of the molecule is CC(C)(C)OC(=O)NN(Cc1ccccc1)C(=O)N1CCC[C@H]1C(=O)Oc1ccc([N+](=O)[O-])cc1. The molecular formula is C24H28N4O7. The molecule has 2 aromatic rings. The van der Waals surface area contributed by atoms with Crippen LogP contribution in [0.4, 0.5) is 15.3 Å². The number of hydrogen-bond acceptors (Lipinski definition) is 7. The maximum Gasteiger partial charge on any atom is 0.426 e. The van der Waals surface area contributed by atoms with E-state index >= 15 is 0 Å². The van der Waals surface area contributed by atoms with Crippen molar-refractivity contribution < 1.29 is 28.8 Å². The summed E-state index contributed by atoms with van der Waals surface area (Å²) in [6.07, 6.45) is 0.145. The third kappa shape index (κ3) is 7.16. The quantitative estimate of drug-likeness (QED) is 0.293. The average Bonchev–Trinajstić information content (AvgIpc) is 3.28. The number of rotatable bonds is 5. The van der Waals surface area contributed by atoms with Crippen molar-refractivity contribution in [3.05, 3.63) is 70.3 Å². The molecule has 0 aliphatic carbocycles. The van der Waals surface area contributed by atoms with E-state index in [0.717, 1.165) is 10.6 Å². The van der Waals surface area contributed by atoms with Crippen molar-refractivity contribution in [2.24, 2.45) is 0 Å². The van der Waals surface area contributed by atoms with Crippen molar-refractivity contribution in [1.29, 1.82) is 0 Å². The van der Waals surface area contributed by atoms with E-state index in [4.69, 9.17) is 9.47 Å². The molecule has 2 aromatic carbocycles. The fourth-order valence-electron chi connectivity index (χ4n) is 3.55. The Labute approximate surface area is 202 Å². The van der Waals surface area contributed by atoms with Gasteiger partial charge in [0.2, 0.25) is 0 Å². The lowest BCUT2D eigenvalue weighted by molar-refractivity contribution is -0.384. The number of carbonyl (C=O) groups is 3. The first kappa shape index (κ1) is 25.5. The Morgan fingerprint density at radius 3 is 2.37 bits per heavy atom. The van der Waals surface area contributed by atoms with Gasteiger partial charge in [-0.05, 0) is 51.3 Å². The Balaban J connectivity index is 1.74. The van der Waals surface area contributed by atoms with Crippen LogP contribution in [-0.4, -0.2) is 51.1 Å². The fraction of sp³-hybridized carbons (Fsp3) is 0.375. The number of nitro groups is 1.